The Morgan fingerprint density at radius 2 is 1.84 bits per heavy atom. The molecule has 2 amide bonds. The summed E-state index contributed by atoms with van der Waals surface area (Å²) in [5, 5.41) is 12.8. The summed E-state index contributed by atoms with van der Waals surface area (Å²) in [7, 11) is 1.61. The standard InChI is InChI=1S/C17H31N3O3.C10H9NO2.C6H8O2/c1-11(20-10-8-9-12(20)14(18)21)13(16(2,3)4)19-15(22)23-17(5,6)7;1-13-8-2-3-9-7(6-8)4-5-11-10(9)12;1-2-4-3-5(4)6(7)8/h12-13H,1,8-10H2,2-7H3,(H2,18,21)(H,19,22);2-6H,1H3,(H,11,12);2,4-5H,1,3H2,(H,7,8)/t12?,13-;;/m1../s1. The van der Waals surface area contributed by atoms with Crippen LogP contribution in [0.5, 0.6) is 5.75 Å². The second kappa shape index (κ2) is 14.9. The number of H-pyrrole nitrogens is 1. The second-order valence-electron chi connectivity index (χ2n) is 13.0. The Kier molecular flexibility index (Phi) is 12.2. The third kappa shape index (κ3) is 10.5. The number of aromatic amines is 1. The van der Waals surface area contributed by atoms with Gasteiger partial charge in [0.15, 0.2) is 0 Å². The molecule has 4 atom stereocenters. The van der Waals surface area contributed by atoms with E-state index in [0.717, 1.165) is 36.9 Å². The molecule has 242 valence electrons. The SMILES string of the molecule is C=C([C@@H](NC(=O)OC(C)(C)C)C(C)(C)C)N1CCCC1C(N)=O.C=CC1CC1C(=O)O.COc1ccc2c(=O)[nH]ccc2c1. The maximum absolute atomic E-state index is 12.2. The van der Waals surface area contributed by atoms with Crippen molar-refractivity contribution in [1.82, 2.24) is 15.2 Å². The van der Waals surface area contributed by atoms with Crippen LogP contribution in [-0.2, 0) is 14.3 Å². The van der Waals surface area contributed by atoms with Crippen molar-refractivity contribution in [3.8, 4) is 5.75 Å². The van der Waals surface area contributed by atoms with Crippen LogP contribution in [0.15, 0.2) is 60.2 Å². The van der Waals surface area contributed by atoms with Crippen molar-refractivity contribution in [2.45, 2.75) is 78.5 Å². The Morgan fingerprint density at radius 3 is 2.32 bits per heavy atom. The van der Waals surface area contributed by atoms with Gasteiger partial charge in [0, 0.05) is 23.8 Å². The third-order valence-corrected chi connectivity index (χ3v) is 7.25. The van der Waals surface area contributed by atoms with Gasteiger partial charge in [-0.2, -0.15) is 0 Å². The van der Waals surface area contributed by atoms with Crippen molar-refractivity contribution < 1.29 is 29.0 Å². The van der Waals surface area contributed by atoms with E-state index in [4.69, 9.17) is 20.3 Å². The molecule has 2 aliphatic rings. The average molecular weight is 613 g/mol. The number of hydrogen-bond donors (Lipinski definition) is 4. The van der Waals surface area contributed by atoms with E-state index in [-0.39, 0.29) is 40.8 Å². The number of pyridine rings is 1. The molecule has 4 rings (SSSR count). The number of benzene rings is 1. The van der Waals surface area contributed by atoms with Crippen LogP contribution in [0, 0.1) is 17.3 Å². The van der Waals surface area contributed by atoms with E-state index in [1.807, 2.05) is 58.6 Å². The first-order valence-corrected chi connectivity index (χ1v) is 14.6. The Labute approximate surface area is 259 Å². The zero-order valence-electron chi connectivity index (χ0n) is 26.9. The molecule has 11 heteroatoms. The summed E-state index contributed by atoms with van der Waals surface area (Å²) < 4.78 is 10.4. The third-order valence-electron chi connectivity index (χ3n) is 7.25. The van der Waals surface area contributed by atoms with Crippen LogP contribution >= 0.6 is 0 Å². The highest BCUT2D eigenvalue weighted by Gasteiger charge is 2.40. The minimum Gasteiger partial charge on any atom is -0.497 e. The van der Waals surface area contributed by atoms with Crippen molar-refractivity contribution in [3.05, 3.63) is 65.7 Å². The highest BCUT2D eigenvalue weighted by Crippen LogP contribution is 2.39. The summed E-state index contributed by atoms with van der Waals surface area (Å²) >= 11 is 0. The number of carboxylic acids is 1. The number of primary amides is 1. The minimum absolute atomic E-state index is 0.0693. The van der Waals surface area contributed by atoms with Crippen LogP contribution in [0.4, 0.5) is 4.79 Å². The van der Waals surface area contributed by atoms with Gasteiger partial charge in [-0.15, -0.1) is 6.58 Å². The molecule has 5 N–H and O–H groups in total. The normalized spacial score (nSPS) is 19.7. The van der Waals surface area contributed by atoms with Crippen molar-refractivity contribution >= 4 is 28.7 Å². The number of hydrogen-bond acceptors (Lipinski definition) is 7. The fourth-order valence-corrected chi connectivity index (χ4v) is 4.85. The van der Waals surface area contributed by atoms with Crippen LogP contribution < -0.4 is 21.3 Å². The number of nitrogens with zero attached hydrogens (tertiary/aromatic N) is 1. The quantitative estimate of drug-likeness (QED) is 0.323. The minimum atomic E-state index is -0.685. The fourth-order valence-electron chi connectivity index (χ4n) is 4.85. The first-order chi connectivity index (χ1) is 20.4. The maximum atomic E-state index is 12.2. The second-order valence-corrected chi connectivity index (χ2v) is 13.0. The molecular weight excluding hydrogens is 564 g/mol. The van der Waals surface area contributed by atoms with E-state index < -0.39 is 17.7 Å². The Bertz CT molecular complexity index is 1400. The molecule has 1 aromatic heterocycles. The van der Waals surface area contributed by atoms with Crippen molar-refractivity contribution in [2.75, 3.05) is 13.7 Å². The van der Waals surface area contributed by atoms with Gasteiger partial charge in [0.2, 0.25) is 5.91 Å². The average Bonchev–Trinajstić information content (AvgIpc) is 3.56. The van der Waals surface area contributed by atoms with E-state index >= 15 is 0 Å². The highest BCUT2D eigenvalue weighted by molar-refractivity contribution is 5.82. The fraction of sp³-hybridized carbons (Fsp3) is 0.515. The van der Waals surface area contributed by atoms with Gasteiger partial charge in [-0.05, 0) is 81.0 Å². The molecule has 1 aromatic carbocycles. The maximum Gasteiger partial charge on any atom is 0.408 e. The van der Waals surface area contributed by atoms with Crippen LogP contribution in [0.25, 0.3) is 10.8 Å². The number of ether oxygens (including phenoxy) is 2. The van der Waals surface area contributed by atoms with Gasteiger partial charge in [0.1, 0.15) is 17.4 Å². The molecular formula is C33H48N4O7. The number of allylic oxidation sites excluding steroid dienone is 1. The van der Waals surface area contributed by atoms with Crippen LogP contribution in [-0.4, -0.2) is 64.3 Å². The van der Waals surface area contributed by atoms with Gasteiger partial charge in [0.05, 0.1) is 19.1 Å². The zero-order valence-corrected chi connectivity index (χ0v) is 26.9. The van der Waals surface area contributed by atoms with Gasteiger partial charge in [-0.25, -0.2) is 4.79 Å². The van der Waals surface area contributed by atoms with E-state index in [0.29, 0.717) is 11.1 Å². The lowest BCUT2D eigenvalue weighted by Crippen LogP contribution is -2.52. The molecule has 0 radical (unpaired) electrons. The molecule has 11 nitrogen and oxygen atoms in total. The van der Waals surface area contributed by atoms with Crippen molar-refractivity contribution in [1.29, 1.82) is 0 Å². The monoisotopic (exact) mass is 612 g/mol. The molecule has 0 spiro atoms. The lowest BCUT2D eigenvalue weighted by Gasteiger charge is -2.39. The van der Waals surface area contributed by atoms with Crippen molar-refractivity contribution in [3.63, 3.8) is 0 Å². The largest absolute Gasteiger partial charge is 0.497 e. The molecule has 2 fully saturated rings. The first kappa shape index (κ1) is 35.9. The topological polar surface area (TPSA) is 164 Å². The number of alkyl carbamates (subject to hydrolysis) is 1. The predicted molar refractivity (Wildman–Crippen MR) is 171 cm³/mol. The molecule has 2 aromatic rings. The number of rotatable bonds is 7. The molecule has 1 saturated carbocycles. The molecule has 1 aliphatic heterocycles. The summed E-state index contributed by atoms with van der Waals surface area (Å²) in [5.74, 6) is -0.137. The van der Waals surface area contributed by atoms with Gasteiger partial charge < -0.3 is 35.5 Å². The summed E-state index contributed by atoms with van der Waals surface area (Å²) in [5.41, 5.74) is 5.26. The Hall–Kier alpha value is -4.28. The molecule has 1 saturated heterocycles. The predicted octanol–water partition coefficient (Wildman–Crippen LogP) is 4.82. The van der Waals surface area contributed by atoms with Gasteiger partial charge in [-0.3, -0.25) is 14.4 Å². The number of methoxy groups -OCH3 is 1. The van der Waals surface area contributed by atoms with E-state index in [2.05, 4.69) is 23.5 Å². The van der Waals surface area contributed by atoms with Gasteiger partial charge >= 0.3 is 12.1 Å². The highest BCUT2D eigenvalue weighted by atomic mass is 16.6. The molecule has 44 heavy (non-hydrogen) atoms. The molecule has 2 heterocycles. The number of carbonyl (C=O) groups excluding carboxylic acids is 2. The number of aromatic nitrogens is 1. The number of likely N-dealkylation sites (tertiary alicyclic amines) is 1. The van der Waals surface area contributed by atoms with Crippen LogP contribution in [0.3, 0.4) is 0 Å². The number of carboxylic acid groups (broad SMARTS) is 1. The van der Waals surface area contributed by atoms with E-state index in [1.54, 1.807) is 31.5 Å². The van der Waals surface area contributed by atoms with E-state index in [1.165, 1.54) is 0 Å². The number of nitrogens with one attached hydrogen (secondary N) is 2. The smallest absolute Gasteiger partial charge is 0.408 e. The number of amides is 2. The first-order valence-electron chi connectivity index (χ1n) is 14.6. The molecule has 3 unspecified atom stereocenters. The lowest BCUT2D eigenvalue weighted by atomic mass is 9.84. The van der Waals surface area contributed by atoms with Crippen LogP contribution in [0.1, 0.15) is 60.8 Å². The van der Waals surface area contributed by atoms with Gasteiger partial charge in [-0.1, -0.05) is 33.4 Å². The van der Waals surface area contributed by atoms with E-state index in [9.17, 15) is 19.2 Å². The lowest BCUT2D eigenvalue weighted by molar-refractivity contribution is -0.138. The Balaban J connectivity index is 0.000000265. The number of aliphatic carboxylic acids is 1. The summed E-state index contributed by atoms with van der Waals surface area (Å²) in [6.07, 6.45) is 5.24. The van der Waals surface area contributed by atoms with Gasteiger partial charge in [0.25, 0.3) is 5.56 Å². The summed E-state index contributed by atoms with van der Waals surface area (Å²) in [6, 6.07) is 6.51. The zero-order chi connectivity index (χ0) is 33.4. The number of carbonyl (C=O) groups is 3. The van der Waals surface area contributed by atoms with Crippen molar-refractivity contribution in [2.24, 2.45) is 23.0 Å². The molecule has 0 bridgehead atoms. The molecule has 1 aliphatic carbocycles. The number of fused-ring (bicyclic) bond motifs is 1. The number of nitrogens with two attached hydrogens (primary N) is 1. The summed E-state index contributed by atoms with van der Waals surface area (Å²) in [4.78, 5) is 49.7. The van der Waals surface area contributed by atoms with Crippen LogP contribution in [0.2, 0.25) is 0 Å². The summed E-state index contributed by atoms with van der Waals surface area (Å²) in [6.45, 7) is 19.8. The Morgan fingerprint density at radius 1 is 1.18 bits per heavy atom.